The molecule has 0 aliphatic heterocycles. The van der Waals surface area contributed by atoms with Gasteiger partial charge in [0, 0.05) is 26.0 Å². The molecular weight excluding hydrogens is 346 g/mol. The SMILES string of the molecule is CCN(CC=N)c1nc(N(CC#N)CC#N)nc(N(CC#N)CC=NC)n1. The van der Waals surface area contributed by atoms with Crippen LogP contribution in [0, 0.1) is 39.4 Å². The summed E-state index contributed by atoms with van der Waals surface area (Å²) in [6.07, 6.45) is 2.85. The van der Waals surface area contributed by atoms with E-state index in [1.807, 2.05) is 19.1 Å². The van der Waals surface area contributed by atoms with E-state index in [0.29, 0.717) is 25.6 Å². The van der Waals surface area contributed by atoms with Gasteiger partial charge in [-0.2, -0.15) is 30.7 Å². The number of rotatable bonds is 11. The molecule has 0 bridgehead atoms. The highest BCUT2D eigenvalue weighted by Crippen LogP contribution is 2.18. The van der Waals surface area contributed by atoms with E-state index in [1.54, 1.807) is 23.1 Å². The molecule has 0 spiro atoms. The van der Waals surface area contributed by atoms with Crippen molar-refractivity contribution in [2.45, 2.75) is 6.92 Å². The molecular formula is C16H21N11. The third kappa shape index (κ3) is 6.22. The average Bonchev–Trinajstić information content (AvgIpc) is 2.68. The Morgan fingerprint density at radius 3 is 1.81 bits per heavy atom. The van der Waals surface area contributed by atoms with Crippen LogP contribution in [-0.2, 0) is 0 Å². The van der Waals surface area contributed by atoms with Crippen molar-refractivity contribution in [3.8, 4) is 18.2 Å². The largest absolute Gasteiger partial charge is 0.336 e. The van der Waals surface area contributed by atoms with Crippen LogP contribution in [0.2, 0.25) is 0 Å². The molecule has 0 atom stereocenters. The summed E-state index contributed by atoms with van der Waals surface area (Å²) in [5.74, 6) is 0.705. The molecule has 1 aromatic heterocycles. The van der Waals surface area contributed by atoms with E-state index in [2.05, 4.69) is 26.0 Å². The zero-order valence-corrected chi connectivity index (χ0v) is 15.4. The maximum absolute atomic E-state index is 9.11. The van der Waals surface area contributed by atoms with Crippen LogP contribution in [0.1, 0.15) is 6.92 Å². The zero-order chi connectivity index (χ0) is 20.1. The molecule has 0 aromatic carbocycles. The van der Waals surface area contributed by atoms with Gasteiger partial charge in [-0.05, 0) is 6.92 Å². The van der Waals surface area contributed by atoms with Gasteiger partial charge in [0.15, 0.2) is 0 Å². The van der Waals surface area contributed by atoms with Crippen LogP contribution >= 0.6 is 0 Å². The molecule has 1 rings (SSSR count). The Hall–Kier alpha value is -3.78. The molecule has 0 aliphatic carbocycles. The molecule has 0 saturated heterocycles. The van der Waals surface area contributed by atoms with E-state index in [0.717, 1.165) is 0 Å². The minimum Gasteiger partial charge on any atom is -0.336 e. The standard InChI is InChI=1S/C16H21N11/c1-3-25(9-4-17)14-22-15(26(10-5-18)11-6-19)24-16(23-14)27(12-7-20)13-8-21-2/h4,8,17H,3,9-13H2,1-2H3. The highest BCUT2D eigenvalue weighted by atomic mass is 15.4. The van der Waals surface area contributed by atoms with Crippen LogP contribution in [0.4, 0.5) is 17.8 Å². The normalized spacial score (nSPS) is 9.89. The van der Waals surface area contributed by atoms with Crippen LogP contribution < -0.4 is 14.7 Å². The lowest BCUT2D eigenvalue weighted by Gasteiger charge is -2.25. The van der Waals surface area contributed by atoms with Gasteiger partial charge in [0.25, 0.3) is 0 Å². The van der Waals surface area contributed by atoms with Crippen molar-refractivity contribution < 1.29 is 0 Å². The smallest absolute Gasteiger partial charge is 0.233 e. The van der Waals surface area contributed by atoms with Gasteiger partial charge in [-0.3, -0.25) is 4.99 Å². The van der Waals surface area contributed by atoms with Crippen LogP contribution in [0.5, 0.6) is 0 Å². The van der Waals surface area contributed by atoms with Crippen LogP contribution in [0.3, 0.4) is 0 Å². The summed E-state index contributed by atoms with van der Waals surface area (Å²) >= 11 is 0. The van der Waals surface area contributed by atoms with Crippen LogP contribution in [0.25, 0.3) is 0 Å². The predicted octanol–water partition coefficient (Wildman–Crippen LogP) is 0.232. The summed E-state index contributed by atoms with van der Waals surface area (Å²) in [7, 11) is 1.62. The highest BCUT2D eigenvalue weighted by Gasteiger charge is 2.19. The van der Waals surface area contributed by atoms with E-state index < -0.39 is 0 Å². The molecule has 0 unspecified atom stereocenters. The summed E-state index contributed by atoms with van der Waals surface area (Å²) in [6.45, 7) is 2.95. The lowest BCUT2D eigenvalue weighted by molar-refractivity contribution is 0.805. The number of aromatic nitrogens is 3. The average molecular weight is 367 g/mol. The van der Waals surface area contributed by atoms with Crippen molar-refractivity contribution in [1.29, 1.82) is 21.2 Å². The van der Waals surface area contributed by atoms with Gasteiger partial charge in [-0.15, -0.1) is 0 Å². The number of anilines is 3. The Morgan fingerprint density at radius 1 is 0.889 bits per heavy atom. The topological polar surface area (TPSA) is 156 Å². The summed E-state index contributed by atoms with van der Waals surface area (Å²) in [5.41, 5.74) is 0. The first-order valence-electron chi connectivity index (χ1n) is 8.16. The molecule has 0 saturated carbocycles. The highest BCUT2D eigenvalue weighted by molar-refractivity contribution is 5.65. The number of hydrogen-bond donors (Lipinski definition) is 1. The second-order valence-electron chi connectivity index (χ2n) is 5.13. The third-order valence-corrected chi connectivity index (χ3v) is 3.41. The minimum absolute atomic E-state index is 0.0299. The van der Waals surface area contributed by atoms with Crippen LogP contribution in [-0.4, -0.2) is 73.7 Å². The fourth-order valence-electron chi connectivity index (χ4n) is 2.08. The van der Waals surface area contributed by atoms with E-state index in [9.17, 15) is 0 Å². The first-order chi connectivity index (χ1) is 13.1. The summed E-state index contributed by atoms with van der Waals surface area (Å²) < 4.78 is 0. The lowest BCUT2D eigenvalue weighted by atomic mass is 10.5. The fourth-order valence-corrected chi connectivity index (χ4v) is 2.08. The monoisotopic (exact) mass is 367 g/mol. The number of aliphatic imine (C=N–C) groups is 1. The zero-order valence-electron chi connectivity index (χ0n) is 15.4. The summed E-state index contributed by atoms with van der Waals surface area (Å²) in [4.78, 5) is 21.8. The molecule has 140 valence electrons. The van der Waals surface area contributed by atoms with E-state index in [1.165, 1.54) is 11.1 Å². The number of nitriles is 3. The maximum Gasteiger partial charge on any atom is 0.233 e. The first-order valence-corrected chi connectivity index (χ1v) is 8.16. The van der Waals surface area contributed by atoms with E-state index in [-0.39, 0.29) is 31.5 Å². The van der Waals surface area contributed by atoms with Crippen molar-refractivity contribution in [1.82, 2.24) is 15.0 Å². The van der Waals surface area contributed by atoms with Crippen LogP contribution in [0.15, 0.2) is 4.99 Å². The summed E-state index contributed by atoms with van der Waals surface area (Å²) in [5, 5.41) is 34.5. The van der Waals surface area contributed by atoms with Crippen molar-refractivity contribution in [2.24, 2.45) is 4.99 Å². The van der Waals surface area contributed by atoms with E-state index >= 15 is 0 Å². The molecule has 0 amide bonds. The van der Waals surface area contributed by atoms with Gasteiger partial charge in [0.2, 0.25) is 17.8 Å². The molecule has 27 heavy (non-hydrogen) atoms. The van der Waals surface area contributed by atoms with Crippen molar-refractivity contribution in [3.05, 3.63) is 0 Å². The molecule has 0 aliphatic rings. The van der Waals surface area contributed by atoms with Gasteiger partial charge in [-0.25, -0.2) is 0 Å². The molecule has 11 heteroatoms. The first kappa shape index (κ1) is 21.3. The number of hydrogen-bond acceptors (Lipinski definition) is 11. The maximum atomic E-state index is 9.11. The van der Waals surface area contributed by atoms with Gasteiger partial charge in [0.1, 0.15) is 19.6 Å². The van der Waals surface area contributed by atoms with Gasteiger partial charge >= 0.3 is 0 Å². The second-order valence-corrected chi connectivity index (χ2v) is 5.13. The molecule has 0 fully saturated rings. The third-order valence-electron chi connectivity index (χ3n) is 3.41. The Morgan fingerprint density at radius 2 is 1.37 bits per heavy atom. The van der Waals surface area contributed by atoms with Gasteiger partial charge < -0.3 is 20.1 Å². The Kier molecular flexibility index (Phi) is 9.23. The van der Waals surface area contributed by atoms with Gasteiger partial charge in [0.05, 0.1) is 31.3 Å². The van der Waals surface area contributed by atoms with Crippen molar-refractivity contribution >= 4 is 30.3 Å². The number of nitrogens with zero attached hydrogens (tertiary/aromatic N) is 10. The molecule has 0 radical (unpaired) electrons. The predicted molar refractivity (Wildman–Crippen MR) is 102 cm³/mol. The molecule has 1 aromatic rings. The second kappa shape index (κ2) is 11.7. The molecule has 1 heterocycles. The number of nitrogens with one attached hydrogen (secondary N) is 1. The Balaban J connectivity index is 3.49. The fraction of sp³-hybridized carbons (Fsp3) is 0.500. The quantitative estimate of drug-likeness (QED) is 0.427. The Labute approximate surface area is 158 Å². The van der Waals surface area contributed by atoms with Gasteiger partial charge in [-0.1, -0.05) is 0 Å². The molecule has 11 nitrogen and oxygen atoms in total. The Bertz CT molecular complexity index is 752. The van der Waals surface area contributed by atoms with Crippen molar-refractivity contribution in [2.75, 3.05) is 61.0 Å². The van der Waals surface area contributed by atoms with E-state index in [4.69, 9.17) is 21.2 Å². The summed E-state index contributed by atoms with van der Waals surface area (Å²) in [6, 6.07) is 6.03. The van der Waals surface area contributed by atoms with Crippen molar-refractivity contribution in [3.63, 3.8) is 0 Å². The molecule has 1 N–H and O–H groups in total. The minimum atomic E-state index is -0.0676. The lowest BCUT2D eigenvalue weighted by Crippen LogP contribution is -2.33.